The fourth-order valence-corrected chi connectivity index (χ4v) is 5.72. The number of carboxylic acids is 1. The van der Waals surface area contributed by atoms with Gasteiger partial charge in [0.05, 0.1) is 31.3 Å². The second-order valence-electron chi connectivity index (χ2n) is 9.29. The number of esters is 1. The Hall–Kier alpha value is -2.67. The van der Waals surface area contributed by atoms with Crippen LogP contribution >= 0.6 is 27.3 Å². The molecule has 0 radical (unpaired) electrons. The second-order valence-corrected chi connectivity index (χ2v) is 11.0. The van der Waals surface area contributed by atoms with Crippen LogP contribution in [0.1, 0.15) is 42.8 Å². The van der Waals surface area contributed by atoms with Gasteiger partial charge in [-0.25, -0.2) is 14.2 Å². The van der Waals surface area contributed by atoms with Gasteiger partial charge in [-0.1, -0.05) is 28.9 Å². The minimum Gasteiger partial charge on any atom is -0.481 e. The van der Waals surface area contributed by atoms with Crippen molar-refractivity contribution < 1.29 is 28.6 Å². The van der Waals surface area contributed by atoms with Crippen LogP contribution in [0.4, 0.5) is 4.39 Å². The van der Waals surface area contributed by atoms with E-state index in [4.69, 9.17) is 19.6 Å². The van der Waals surface area contributed by atoms with Gasteiger partial charge in [-0.05, 0) is 37.0 Å². The number of carbonyl (C=O) groups excluding carboxylic acids is 1. The maximum absolute atomic E-state index is 13.9. The Balaban J connectivity index is 1.60. The Morgan fingerprint density at radius 3 is 2.92 bits per heavy atom. The van der Waals surface area contributed by atoms with E-state index in [9.17, 15) is 14.0 Å². The van der Waals surface area contributed by atoms with Crippen LogP contribution in [0.5, 0.6) is 0 Å². The molecule has 2 N–H and O–H groups in total. The minimum absolute atomic E-state index is 0.0374. The first-order chi connectivity index (χ1) is 18.3. The Labute approximate surface area is 232 Å². The van der Waals surface area contributed by atoms with E-state index in [-0.39, 0.29) is 12.0 Å². The molecule has 4 rings (SSSR count). The van der Waals surface area contributed by atoms with Gasteiger partial charge in [-0.2, -0.15) is 0 Å². The molecule has 1 saturated heterocycles. The lowest BCUT2D eigenvalue weighted by atomic mass is 9.95. The minimum atomic E-state index is -0.790. The van der Waals surface area contributed by atoms with E-state index < -0.39 is 23.8 Å². The maximum atomic E-state index is 13.9. The summed E-state index contributed by atoms with van der Waals surface area (Å²) in [5, 5.41) is 15.0. The zero-order chi connectivity index (χ0) is 27.2. The Bertz CT molecular complexity index is 1220. The summed E-state index contributed by atoms with van der Waals surface area (Å²) in [6.45, 7) is 3.95. The maximum Gasteiger partial charge on any atom is 0.338 e. The summed E-state index contributed by atoms with van der Waals surface area (Å²) < 4.78 is 25.5. The zero-order valence-electron chi connectivity index (χ0n) is 21.2. The normalized spacial score (nSPS) is 21.0. The van der Waals surface area contributed by atoms with Crippen molar-refractivity contribution in [3.8, 4) is 0 Å². The van der Waals surface area contributed by atoms with Crippen LogP contribution in [0.2, 0.25) is 0 Å². The van der Waals surface area contributed by atoms with E-state index in [1.54, 1.807) is 19.2 Å². The van der Waals surface area contributed by atoms with Gasteiger partial charge in [0.2, 0.25) is 0 Å². The Morgan fingerprint density at radius 1 is 1.42 bits per heavy atom. The predicted octanol–water partition coefficient (Wildman–Crippen LogP) is 4.15. The molecule has 3 atom stereocenters. The SMILES string of the molecule is COC(=O)C1=C(CN2CCO[C@H](CCCC(C)C(=O)O)C2)NC(c2nccs2)=N[C@H]1c1ccc(F)cc1Br. The number of aromatic nitrogens is 1. The van der Waals surface area contributed by atoms with Crippen molar-refractivity contribution >= 4 is 45.0 Å². The predicted molar refractivity (Wildman–Crippen MR) is 145 cm³/mol. The first-order valence-corrected chi connectivity index (χ1v) is 14.0. The molecule has 0 aliphatic carbocycles. The van der Waals surface area contributed by atoms with Crippen LogP contribution in [0.15, 0.2) is 50.5 Å². The third-order valence-electron chi connectivity index (χ3n) is 6.61. The van der Waals surface area contributed by atoms with Gasteiger partial charge >= 0.3 is 11.9 Å². The molecule has 3 heterocycles. The lowest BCUT2D eigenvalue weighted by molar-refractivity contribution is -0.141. The molecule has 2 aliphatic heterocycles. The first kappa shape index (κ1) is 28.3. The molecule has 12 heteroatoms. The highest BCUT2D eigenvalue weighted by Gasteiger charge is 2.35. The van der Waals surface area contributed by atoms with Gasteiger partial charge in [-0.3, -0.25) is 14.7 Å². The van der Waals surface area contributed by atoms with Crippen LogP contribution in [-0.2, 0) is 19.1 Å². The van der Waals surface area contributed by atoms with Gasteiger partial charge in [0.15, 0.2) is 10.8 Å². The summed E-state index contributed by atoms with van der Waals surface area (Å²) in [5.74, 6) is -1.58. The van der Waals surface area contributed by atoms with Crippen molar-refractivity contribution in [1.82, 2.24) is 15.2 Å². The highest BCUT2D eigenvalue weighted by molar-refractivity contribution is 9.10. The van der Waals surface area contributed by atoms with Crippen LogP contribution in [0.3, 0.4) is 0 Å². The summed E-state index contributed by atoms with van der Waals surface area (Å²) in [4.78, 5) is 35.6. The van der Waals surface area contributed by atoms with Crippen molar-refractivity contribution in [2.24, 2.45) is 10.9 Å². The molecule has 0 bridgehead atoms. The van der Waals surface area contributed by atoms with Crippen molar-refractivity contribution in [2.45, 2.75) is 38.3 Å². The number of benzene rings is 1. The average Bonchev–Trinajstić information content (AvgIpc) is 3.43. The quantitative estimate of drug-likeness (QED) is 0.387. The van der Waals surface area contributed by atoms with Gasteiger partial charge in [-0.15, -0.1) is 11.3 Å². The smallest absolute Gasteiger partial charge is 0.338 e. The van der Waals surface area contributed by atoms with Crippen LogP contribution < -0.4 is 5.32 Å². The molecule has 204 valence electrons. The largest absolute Gasteiger partial charge is 0.481 e. The third kappa shape index (κ3) is 6.85. The monoisotopic (exact) mass is 608 g/mol. The van der Waals surface area contributed by atoms with Gasteiger partial charge in [0, 0.05) is 41.4 Å². The number of morpholine rings is 1. The number of amidine groups is 1. The Morgan fingerprint density at radius 2 is 2.24 bits per heavy atom. The summed E-state index contributed by atoms with van der Waals surface area (Å²) in [6.07, 6.45) is 3.74. The number of aliphatic carboxylic acids is 1. The number of carbonyl (C=O) groups is 2. The summed E-state index contributed by atoms with van der Waals surface area (Å²) >= 11 is 4.86. The van der Waals surface area contributed by atoms with Gasteiger partial charge in [0.25, 0.3) is 0 Å². The van der Waals surface area contributed by atoms with E-state index in [2.05, 4.69) is 31.1 Å². The number of thiazole rings is 1. The van der Waals surface area contributed by atoms with Crippen LogP contribution in [0.25, 0.3) is 0 Å². The number of methoxy groups -OCH3 is 1. The number of hydrogen-bond acceptors (Lipinski definition) is 9. The van der Waals surface area contributed by atoms with E-state index in [1.807, 2.05) is 5.38 Å². The molecule has 2 aliphatic rings. The number of hydrogen-bond donors (Lipinski definition) is 2. The number of ether oxygens (including phenoxy) is 2. The average molecular weight is 610 g/mol. The second kappa shape index (κ2) is 12.9. The van der Waals surface area contributed by atoms with Crippen LogP contribution in [0, 0.1) is 11.7 Å². The molecule has 0 amide bonds. The van der Waals surface area contributed by atoms with Gasteiger partial charge in [0.1, 0.15) is 11.9 Å². The number of nitrogens with one attached hydrogen (secondary N) is 1. The highest BCUT2D eigenvalue weighted by atomic mass is 79.9. The molecular weight excluding hydrogens is 579 g/mol. The molecule has 1 aromatic heterocycles. The lowest BCUT2D eigenvalue weighted by Gasteiger charge is -2.35. The third-order valence-corrected chi connectivity index (χ3v) is 8.08. The van der Waals surface area contributed by atoms with Crippen molar-refractivity contribution in [2.75, 3.05) is 33.4 Å². The molecule has 1 unspecified atom stereocenters. The summed E-state index contributed by atoms with van der Waals surface area (Å²) in [7, 11) is 1.33. The van der Waals surface area contributed by atoms with E-state index in [0.29, 0.717) is 64.8 Å². The van der Waals surface area contributed by atoms with Gasteiger partial charge < -0.3 is 19.9 Å². The summed E-state index contributed by atoms with van der Waals surface area (Å²) in [6, 6.07) is 3.57. The van der Waals surface area contributed by atoms with E-state index >= 15 is 0 Å². The number of halogens is 2. The molecular formula is C26H30BrFN4O5S. The molecule has 38 heavy (non-hydrogen) atoms. The molecule has 0 saturated carbocycles. The molecule has 1 aromatic carbocycles. The molecule has 9 nitrogen and oxygen atoms in total. The van der Waals surface area contributed by atoms with Crippen molar-refractivity contribution in [3.63, 3.8) is 0 Å². The number of rotatable bonds is 10. The van der Waals surface area contributed by atoms with Crippen molar-refractivity contribution in [3.05, 3.63) is 61.9 Å². The summed E-state index contributed by atoms with van der Waals surface area (Å²) in [5.41, 5.74) is 1.61. The molecule has 2 aromatic rings. The zero-order valence-corrected chi connectivity index (χ0v) is 23.6. The van der Waals surface area contributed by atoms with Crippen molar-refractivity contribution in [1.29, 1.82) is 0 Å². The fourth-order valence-electron chi connectivity index (χ4n) is 4.57. The molecule has 1 fully saturated rings. The fraction of sp³-hybridized carbons (Fsp3) is 0.462. The Kier molecular flexibility index (Phi) is 9.64. The van der Waals surface area contributed by atoms with Crippen LogP contribution in [-0.4, -0.2) is 72.2 Å². The van der Waals surface area contributed by atoms with E-state index in [0.717, 1.165) is 12.8 Å². The standard InChI is InChI=1S/C26H30BrFN4O5S/c1-15(25(33)34)4-3-5-17-13-32(9-10-37-17)14-20-21(26(35)36-2)22(18-7-6-16(28)12-19(18)27)31-23(30-20)24-29-8-11-38-24/h6-8,11-12,15,17,22H,3-5,9-10,13-14H2,1-2H3,(H,30,31)(H,33,34)/t15?,17-,22+/m1/s1. The number of carboxylic acid groups (broad SMARTS) is 1. The molecule has 0 spiro atoms. The van der Waals surface area contributed by atoms with E-state index in [1.165, 1.54) is 30.6 Å². The number of aliphatic imine (C=N–C) groups is 1. The topological polar surface area (TPSA) is 113 Å². The highest BCUT2D eigenvalue weighted by Crippen LogP contribution is 2.37. The number of nitrogens with zero attached hydrogens (tertiary/aromatic N) is 3. The lowest BCUT2D eigenvalue weighted by Crippen LogP contribution is -2.46. The first-order valence-electron chi connectivity index (χ1n) is 12.3.